The molecular weight excluding hydrogens is 803 g/mol. The van der Waals surface area contributed by atoms with E-state index in [1.165, 1.54) is 24.2 Å². The van der Waals surface area contributed by atoms with Crippen LogP contribution in [0.2, 0.25) is 0 Å². The first-order valence-electron chi connectivity index (χ1n) is 22.1. The van der Waals surface area contributed by atoms with E-state index in [0.717, 1.165) is 38.2 Å². The third-order valence-electron chi connectivity index (χ3n) is 10.6. The van der Waals surface area contributed by atoms with Gasteiger partial charge in [-0.05, 0) is 90.0 Å². The van der Waals surface area contributed by atoms with Crippen LogP contribution in [0.5, 0.6) is 0 Å². The molecule has 0 aromatic heterocycles. The molecule has 0 spiro atoms. The highest BCUT2D eigenvalue weighted by atomic mass is 19.3. The van der Waals surface area contributed by atoms with Gasteiger partial charge in [0, 0.05) is 26.1 Å². The second kappa shape index (κ2) is 33.1. The van der Waals surface area contributed by atoms with Gasteiger partial charge >= 0.3 is 6.09 Å². The van der Waals surface area contributed by atoms with E-state index in [1.807, 2.05) is 65.0 Å². The number of alkyl halides is 2. The summed E-state index contributed by atoms with van der Waals surface area (Å²) >= 11 is 0. The van der Waals surface area contributed by atoms with Crippen LogP contribution in [0, 0.1) is 17.8 Å². The van der Waals surface area contributed by atoms with Gasteiger partial charge in [-0.3, -0.25) is 24.0 Å². The second-order valence-corrected chi connectivity index (χ2v) is 17.0. The molecule has 0 bridgehead atoms. The molecule has 62 heavy (non-hydrogen) atoms. The van der Waals surface area contributed by atoms with Crippen LogP contribution in [-0.2, 0) is 33.5 Å². The van der Waals surface area contributed by atoms with Crippen molar-refractivity contribution in [2.75, 3.05) is 20.1 Å². The van der Waals surface area contributed by atoms with Gasteiger partial charge in [0.2, 0.25) is 30.4 Å². The Balaban J connectivity index is 0. The SMILES string of the molecule is CC(F)(F)CC[C@@H]1CC(C=O)N(C=O)C1.CCCC(C)CC(N)C(=O)C(=O)NCC(=O)NC(C)c1ccccc1.CCCCCC(C)C(C)NC(=O)OC(C)(C)CC.CNC=O. The van der Waals surface area contributed by atoms with Crippen molar-refractivity contribution in [2.24, 2.45) is 23.5 Å². The van der Waals surface area contributed by atoms with Gasteiger partial charge in [-0.2, -0.15) is 0 Å². The zero-order valence-electron chi connectivity index (χ0n) is 39.4. The van der Waals surface area contributed by atoms with Crippen LogP contribution >= 0.6 is 0 Å². The number of Topliss-reactive ketones (excluding diaryl/α,β-unsaturated/α-hetero) is 1. The number of halogens is 2. The molecule has 1 heterocycles. The van der Waals surface area contributed by atoms with E-state index in [-0.39, 0.29) is 54.5 Å². The van der Waals surface area contributed by atoms with E-state index >= 15 is 0 Å². The van der Waals surface area contributed by atoms with Crippen molar-refractivity contribution in [2.45, 2.75) is 176 Å². The summed E-state index contributed by atoms with van der Waals surface area (Å²) in [5.74, 6) is -3.70. The quantitative estimate of drug-likeness (QED) is 0.0410. The predicted octanol–water partition coefficient (Wildman–Crippen LogP) is 7.04. The smallest absolute Gasteiger partial charge is 0.407 e. The highest BCUT2D eigenvalue weighted by Gasteiger charge is 2.33. The molecule has 1 aromatic rings. The van der Waals surface area contributed by atoms with Crippen LogP contribution in [-0.4, -0.2) is 97.5 Å². The number of hydrogen-bond acceptors (Lipinski definition) is 9. The third kappa shape index (κ3) is 28.9. The van der Waals surface area contributed by atoms with Gasteiger partial charge in [0.15, 0.2) is 0 Å². The molecule has 1 aromatic carbocycles. The number of carbonyl (C=O) groups is 7. The number of ether oxygens (including phenoxy) is 1. The van der Waals surface area contributed by atoms with E-state index in [0.29, 0.717) is 50.8 Å². The number of carbonyl (C=O) groups excluding carboxylic acids is 7. The lowest BCUT2D eigenvalue weighted by atomic mass is 9.95. The van der Waals surface area contributed by atoms with E-state index in [1.54, 1.807) is 7.05 Å². The van der Waals surface area contributed by atoms with Crippen molar-refractivity contribution in [3.8, 4) is 0 Å². The Morgan fingerprint density at radius 1 is 0.935 bits per heavy atom. The maximum absolute atomic E-state index is 12.6. The molecule has 2 rings (SSSR count). The number of unbranched alkanes of at least 4 members (excludes halogenated alkanes) is 2. The minimum Gasteiger partial charge on any atom is -0.444 e. The molecule has 6 unspecified atom stereocenters. The van der Waals surface area contributed by atoms with Crippen molar-refractivity contribution in [1.29, 1.82) is 0 Å². The molecule has 0 saturated carbocycles. The summed E-state index contributed by atoms with van der Waals surface area (Å²) < 4.78 is 30.5. The van der Waals surface area contributed by atoms with Gasteiger partial charge in [0.05, 0.1) is 24.7 Å². The molecule has 6 N–H and O–H groups in total. The van der Waals surface area contributed by atoms with Crippen LogP contribution in [0.4, 0.5) is 13.6 Å². The lowest BCUT2D eigenvalue weighted by molar-refractivity contribution is -0.139. The summed E-state index contributed by atoms with van der Waals surface area (Å²) in [4.78, 5) is 79.0. The Hall–Kier alpha value is -4.47. The minimum atomic E-state index is -2.66. The largest absolute Gasteiger partial charge is 0.444 e. The zero-order chi connectivity index (χ0) is 47.9. The first-order valence-corrected chi connectivity index (χ1v) is 22.1. The number of rotatable bonds is 24. The number of hydrogen-bond donors (Lipinski definition) is 5. The fraction of sp³-hybridized carbons (Fsp3) is 0.717. The van der Waals surface area contributed by atoms with Crippen molar-refractivity contribution < 1.29 is 47.1 Å². The van der Waals surface area contributed by atoms with Gasteiger partial charge in [-0.15, -0.1) is 0 Å². The number of amides is 5. The number of ketones is 1. The van der Waals surface area contributed by atoms with E-state index in [4.69, 9.17) is 15.3 Å². The molecular formula is C46H80F2N6O8. The van der Waals surface area contributed by atoms with Crippen molar-refractivity contribution in [3.05, 3.63) is 35.9 Å². The van der Waals surface area contributed by atoms with Crippen LogP contribution in [0.3, 0.4) is 0 Å². The molecule has 356 valence electrons. The maximum atomic E-state index is 12.6. The van der Waals surface area contributed by atoms with Gasteiger partial charge < -0.3 is 41.4 Å². The number of benzene rings is 1. The van der Waals surface area contributed by atoms with Gasteiger partial charge in [-0.1, -0.05) is 97.1 Å². The number of aldehydes is 1. The number of nitrogens with zero attached hydrogens (tertiary/aromatic N) is 1. The standard InChI is InChI=1S/C19H29N3O3.C15H31NO2.C10H15F2NO2.C2H5NO/c1-4-8-13(2)11-16(20)18(24)19(25)21-12-17(23)22-14(3)15-9-6-5-7-10-15;1-7-9-10-11-12(3)13(4)16-14(17)18-15(5,6)8-2;1-10(11,12)3-2-8-4-9(6-14)13(5-8)7-15;1-3-2-4/h5-7,9-10,13-14,16H,4,8,11-12,20H2,1-3H3,(H,21,25)(H,22,23);12-13H,7-11H2,1-6H3,(H,16,17);6-9H,2-5H2,1H3;2H,1H3,(H,3,4)/t;;8-,9?;/m..1./s1. The average molecular weight is 883 g/mol. The lowest BCUT2D eigenvalue weighted by Crippen LogP contribution is -2.46. The molecule has 7 atom stereocenters. The molecule has 14 nitrogen and oxygen atoms in total. The fourth-order valence-electron chi connectivity index (χ4n) is 6.24. The predicted molar refractivity (Wildman–Crippen MR) is 240 cm³/mol. The first-order chi connectivity index (χ1) is 29.0. The van der Waals surface area contributed by atoms with Crippen LogP contribution in [0.1, 0.15) is 151 Å². The summed E-state index contributed by atoms with van der Waals surface area (Å²) in [5, 5.41) is 10.3. The Morgan fingerprint density at radius 2 is 1.55 bits per heavy atom. The van der Waals surface area contributed by atoms with Gasteiger partial charge in [0.1, 0.15) is 11.9 Å². The summed E-state index contributed by atoms with van der Waals surface area (Å²) in [6, 6.07) is 8.23. The molecule has 5 amide bonds. The summed E-state index contributed by atoms with van der Waals surface area (Å²) in [5.41, 5.74) is 6.38. The lowest BCUT2D eigenvalue weighted by Gasteiger charge is -2.26. The fourth-order valence-corrected chi connectivity index (χ4v) is 6.24. The molecule has 1 saturated heterocycles. The number of alkyl carbamates (subject to hydrolysis) is 1. The van der Waals surface area contributed by atoms with E-state index in [9.17, 15) is 37.5 Å². The second-order valence-electron chi connectivity index (χ2n) is 17.0. The minimum absolute atomic E-state index is 0.0243. The normalized spacial score (nSPS) is 16.9. The van der Waals surface area contributed by atoms with Crippen LogP contribution in [0.15, 0.2) is 30.3 Å². The monoisotopic (exact) mass is 883 g/mol. The highest BCUT2D eigenvalue weighted by Crippen LogP contribution is 2.29. The van der Waals surface area contributed by atoms with Crippen molar-refractivity contribution >= 4 is 42.8 Å². The van der Waals surface area contributed by atoms with Crippen molar-refractivity contribution in [3.63, 3.8) is 0 Å². The topological polar surface area (TPSA) is 206 Å². The van der Waals surface area contributed by atoms with Crippen molar-refractivity contribution in [1.82, 2.24) is 26.2 Å². The van der Waals surface area contributed by atoms with Crippen LogP contribution < -0.4 is 27.0 Å². The molecule has 1 aliphatic rings. The van der Waals surface area contributed by atoms with Crippen LogP contribution in [0.25, 0.3) is 0 Å². The maximum Gasteiger partial charge on any atom is 0.407 e. The summed E-state index contributed by atoms with van der Waals surface area (Å²) in [7, 11) is 1.56. The molecule has 1 fully saturated rings. The molecule has 0 aliphatic carbocycles. The Labute approximate surface area is 370 Å². The molecule has 16 heteroatoms. The number of likely N-dealkylation sites (tertiary alicyclic amines) is 1. The summed E-state index contributed by atoms with van der Waals surface area (Å²) in [6.45, 7) is 19.3. The first kappa shape index (κ1) is 59.6. The summed E-state index contributed by atoms with van der Waals surface area (Å²) in [6.07, 6.45) is 10.5. The van der Waals surface area contributed by atoms with E-state index < -0.39 is 29.7 Å². The Bertz CT molecular complexity index is 1420. The van der Waals surface area contributed by atoms with Gasteiger partial charge in [-0.25, -0.2) is 13.6 Å². The van der Waals surface area contributed by atoms with Gasteiger partial charge in [0.25, 0.3) is 5.91 Å². The highest BCUT2D eigenvalue weighted by molar-refractivity contribution is 6.38. The third-order valence-corrected chi connectivity index (χ3v) is 10.6. The van der Waals surface area contributed by atoms with E-state index in [2.05, 4.69) is 49.0 Å². The number of nitrogens with one attached hydrogen (secondary N) is 4. The molecule has 0 radical (unpaired) electrons. The molecule has 1 aliphatic heterocycles. The average Bonchev–Trinajstić information content (AvgIpc) is 3.64. The number of nitrogens with two attached hydrogens (primary N) is 1. The zero-order valence-corrected chi connectivity index (χ0v) is 39.4. The Kier molecular flexibility index (Phi) is 31.9. The Morgan fingerprint density at radius 3 is 2.03 bits per heavy atom.